The van der Waals surface area contributed by atoms with Gasteiger partial charge in [-0.05, 0) is 0 Å². The molecule has 0 spiro atoms. The van der Waals surface area contributed by atoms with Gasteiger partial charge in [0.05, 0.1) is 0 Å². The number of Topliss-reactive ketones (excluding diaryl/α,β-unsaturated/α-hetero) is 1. The standard InChI is InChI=1S/C18H13FNO6.3CH3.Sn/c1-8-16-15(17(22)26-8)13(9-2-4-10(19)5-3-9)14-11(20(16)18(23)24)6-25-7-12(14)21;;;;/h2-4,8,13H,6-7H2,1H3,(H,23,24);3*1H3;/t8-,13+;;;;/m1..../s1. The van der Waals surface area contributed by atoms with E-state index in [0.717, 1.165) is 4.90 Å². The summed E-state index contributed by atoms with van der Waals surface area (Å²) in [6.45, 7) is 1.31. The number of hydrogen-bond donors (Lipinski definition) is 1. The number of ketones is 1. The second-order valence-corrected chi connectivity index (χ2v) is 23.0. The van der Waals surface area contributed by atoms with E-state index in [1.54, 1.807) is 19.1 Å². The Morgan fingerprint density at radius 2 is 1.90 bits per heavy atom. The predicted molar refractivity (Wildman–Crippen MR) is 107 cm³/mol. The van der Waals surface area contributed by atoms with Crippen LogP contribution in [0.3, 0.4) is 0 Å². The maximum absolute atomic E-state index is 14.6. The van der Waals surface area contributed by atoms with Crippen LogP contribution in [0.1, 0.15) is 18.4 Å². The topological polar surface area (TPSA) is 93.1 Å². The monoisotopic (exact) mass is 523 g/mol. The Balaban J connectivity index is 2.01. The molecule has 2 atom stereocenters. The Morgan fingerprint density at radius 1 is 1.20 bits per heavy atom. The Hall–Kier alpha value is -2.20. The van der Waals surface area contributed by atoms with Crippen LogP contribution in [0.4, 0.5) is 9.18 Å². The number of benzene rings is 1. The van der Waals surface area contributed by atoms with Gasteiger partial charge in [0.15, 0.2) is 0 Å². The third kappa shape index (κ3) is 3.17. The van der Waals surface area contributed by atoms with Gasteiger partial charge >= 0.3 is 177 Å². The van der Waals surface area contributed by atoms with Crippen molar-refractivity contribution in [3.8, 4) is 0 Å². The summed E-state index contributed by atoms with van der Waals surface area (Å²) in [5.74, 6) is -2.16. The van der Waals surface area contributed by atoms with Crippen LogP contribution in [-0.2, 0) is 19.1 Å². The molecule has 0 radical (unpaired) electrons. The van der Waals surface area contributed by atoms with E-state index in [1.165, 1.54) is 6.07 Å². The van der Waals surface area contributed by atoms with Crippen LogP contribution in [0.2, 0.25) is 14.8 Å². The summed E-state index contributed by atoms with van der Waals surface area (Å²) < 4.78 is 25.9. The molecule has 158 valence electrons. The van der Waals surface area contributed by atoms with E-state index in [-0.39, 0.29) is 41.6 Å². The first-order valence-corrected chi connectivity index (χ1v) is 19.6. The SMILES string of the molecule is C[C@H]1OC(=O)C2=C1N(C(=O)O)C1=C(C(=O)COC1)[C@@H]2c1ccc(F)[c]([Sn]([CH3])([CH3])[CH3])c1. The number of carbonyl (C=O) groups excluding carboxylic acids is 2. The molecule has 3 aliphatic heterocycles. The van der Waals surface area contributed by atoms with E-state index in [1.807, 2.05) is 0 Å². The van der Waals surface area contributed by atoms with Gasteiger partial charge in [-0.2, -0.15) is 0 Å². The van der Waals surface area contributed by atoms with Gasteiger partial charge in [-0.3, -0.25) is 0 Å². The molecule has 0 saturated heterocycles. The number of cyclic esters (lactones) is 1. The zero-order valence-electron chi connectivity index (χ0n) is 17.1. The Morgan fingerprint density at radius 3 is 2.53 bits per heavy atom. The number of halogens is 1. The van der Waals surface area contributed by atoms with E-state index in [2.05, 4.69) is 14.8 Å². The van der Waals surface area contributed by atoms with Crippen molar-refractivity contribution in [3.63, 3.8) is 0 Å². The number of nitrogens with zero attached hydrogens (tertiary/aromatic N) is 1. The molecule has 0 unspecified atom stereocenters. The molecule has 1 aromatic carbocycles. The van der Waals surface area contributed by atoms with Gasteiger partial charge in [0.2, 0.25) is 0 Å². The summed E-state index contributed by atoms with van der Waals surface area (Å²) in [6, 6.07) is 4.66. The average molecular weight is 522 g/mol. The summed E-state index contributed by atoms with van der Waals surface area (Å²) in [6.07, 6.45) is -2.11. The van der Waals surface area contributed by atoms with Gasteiger partial charge in [-0.15, -0.1) is 0 Å². The number of amides is 1. The molecule has 1 aromatic rings. The fourth-order valence-electron chi connectivity index (χ4n) is 4.38. The Bertz CT molecular complexity index is 1050. The molecule has 1 N–H and O–H groups in total. The Labute approximate surface area is 177 Å². The molecule has 7 nitrogen and oxygen atoms in total. The first-order valence-electron chi connectivity index (χ1n) is 9.64. The Kier molecular flexibility index (Phi) is 5.05. The van der Waals surface area contributed by atoms with Gasteiger partial charge in [-0.25, -0.2) is 0 Å². The van der Waals surface area contributed by atoms with Crippen LogP contribution in [0.15, 0.2) is 40.7 Å². The van der Waals surface area contributed by atoms with Crippen molar-refractivity contribution >= 4 is 39.8 Å². The molecule has 3 heterocycles. The molecule has 3 aliphatic rings. The minimum atomic E-state index is -2.86. The normalized spacial score (nSPS) is 24.1. The van der Waals surface area contributed by atoms with Crippen molar-refractivity contribution < 1.29 is 33.4 Å². The fraction of sp³-hybridized carbons (Fsp3) is 0.381. The quantitative estimate of drug-likeness (QED) is 0.475. The van der Waals surface area contributed by atoms with Crippen molar-refractivity contribution in [1.82, 2.24) is 4.90 Å². The molecule has 1 amide bonds. The van der Waals surface area contributed by atoms with Crippen molar-refractivity contribution in [2.75, 3.05) is 13.2 Å². The van der Waals surface area contributed by atoms with E-state index in [9.17, 15) is 23.9 Å². The van der Waals surface area contributed by atoms with E-state index < -0.39 is 48.2 Å². The molecule has 0 saturated carbocycles. The van der Waals surface area contributed by atoms with E-state index in [4.69, 9.17) is 9.47 Å². The van der Waals surface area contributed by atoms with Gasteiger partial charge in [0.25, 0.3) is 0 Å². The second kappa shape index (κ2) is 7.19. The van der Waals surface area contributed by atoms with Gasteiger partial charge in [0.1, 0.15) is 0 Å². The fourth-order valence-corrected chi connectivity index (χ4v) is 8.37. The third-order valence-corrected chi connectivity index (χ3v) is 11.4. The summed E-state index contributed by atoms with van der Waals surface area (Å²) >= 11 is -2.86. The molecule has 30 heavy (non-hydrogen) atoms. The number of hydrogen-bond acceptors (Lipinski definition) is 5. The molecule has 4 rings (SSSR count). The molecular formula is C21H22FNO6Sn. The van der Waals surface area contributed by atoms with Crippen molar-refractivity contribution in [3.05, 3.63) is 52.1 Å². The average Bonchev–Trinajstić information content (AvgIpc) is 2.94. The zero-order valence-corrected chi connectivity index (χ0v) is 20.0. The van der Waals surface area contributed by atoms with Crippen LogP contribution in [0, 0.1) is 5.82 Å². The number of carbonyl (C=O) groups is 3. The molecule has 0 aromatic heterocycles. The number of esters is 1. The van der Waals surface area contributed by atoms with Crippen LogP contribution in [0.25, 0.3) is 0 Å². The van der Waals surface area contributed by atoms with E-state index in [0.29, 0.717) is 9.14 Å². The summed E-state index contributed by atoms with van der Waals surface area (Å²) in [4.78, 5) is 44.9. The number of carboxylic acid groups (broad SMARTS) is 1. The summed E-state index contributed by atoms with van der Waals surface area (Å²) in [5.41, 5.74) is 1.30. The summed E-state index contributed by atoms with van der Waals surface area (Å²) in [7, 11) is 0. The summed E-state index contributed by atoms with van der Waals surface area (Å²) in [5, 5.41) is 9.84. The minimum absolute atomic E-state index is 0.0753. The van der Waals surface area contributed by atoms with Crippen molar-refractivity contribution in [2.45, 2.75) is 33.8 Å². The first kappa shape index (κ1) is 21.0. The zero-order chi connectivity index (χ0) is 22.0. The number of rotatable bonds is 2. The molecule has 0 bridgehead atoms. The second-order valence-electron chi connectivity index (χ2n) is 8.66. The molecular weight excluding hydrogens is 500 g/mol. The van der Waals surface area contributed by atoms with Gasteiger partial charge in [-0.1, -0.05) is 0 Å². The van der Waals surface area contributed by atoms with Gasteiger partial charge < -0.3 is 0 Å². The van der Waals surface area contributed by atoms with Crippen LogP contribution in [-0.4, -0.2) is 65.5 Å². The van der Waals surface area contributed by atoms with Crippen LogP contribution < -0.4 is 3.58 Å². The maximum atomic E-state index is 14.6. The van der Waals surface area contributed by atoms with Crippen LogP contribution >= 0.6 is 0 Å². The van der Waals surface area contributed by atoms with E-state index >= 15 is 0 Å². The predicted octanol–water partition coefficient (Wildman–Crippen LogP) is 2.50. The molecule has 0 fully saturated rings. The van der Waals surface area contributed by atoms with Crippen molar-refractivity contribution in [1.29, 1.82) is 0 Å². The van der Waals surface area contributed by atoms with Crippen LogP contribution in [0.5, 0.6) is 0 Å². The van der Waals surface area contributed by atoms with Gasteiger partial charge in [0, 0.05) is 0 Å². The molecule has 9 heteroatoms. The molecule has 0 aliphatic carbocycles. The van der Waals surface area contributed by atoms with Crippen molar-refractivity contribution in [2.24, 2.45) is 0 Å². The number of ether oxygens (including phenoxy) is 2. The first-order chi connectivity index (χ1) is 14.0. The third-order valence-electron chi connectivity index (χ3n) is 5.66.